The molecule has 0 aliphatic carbocycles. The Hall–Kier alpha value is -0.340. The van der Waals surface area contributed by atoms with Gasteiger partial charge in [-0.2, -0.15) is 0 Å². The second-order valence-corrected chi connectivity index (χ2v) is 4.74. The van der Waals surface area contributed by atoms with Crippen LogP contribution in [0.3, 0.4) is 0 Å². The van der Waals surface area contributed by atoms with E-state index in [2.05, 4.69) is 29.8 Å². The molecule has 0 saturated carbocycles. The Bertz CT molecular complexity index is 235. The molecule has 1 aromatic rings. The van der Waals surface area contributed by atoms with Crippen LogP contribution in [0.5, 0.6) is 0 Å². The Labute approximate surface area is 105 Å². The van der Waals surface area contributed by atoms with Gasteiger partial charge in [0, 0.05) is 10.3 Å². The zero-order valence-corrected chi connectivity index (χ0v) is 12.3. The average molecular weight is 241 g/mol. The molecular weight excluding hydrogens is 214 g/mol. The van der Waals surface area contributed by atoms with Crippen molar-refractivity contribution >= 4 is 11.3 Å². The van der Waals surface area contributed by atoms with Gasteiger partial charge in [-0.05, 0) is 37.4 Å². The third-order valence-corrected chi connectivity index (χ3v) is 4.00. The van der Waals surface area contributed by atoms with E-state index in [4.69, 9.17) is 0 Å². The molecule has 1 aliphatic rings. The topological polar surface area (TPSA) is 12.0 Å². The fraction of sp³-hybridized carbons (Fsp3) is 0.714. The van der Waals surface area contributed by atoms with E-state index in [1.807, 2.05) is 39.0 Å². The van der Waals surface area contributed by atoms with Crippen molar-refractivity contribution in [2.24, 2.45) is 0 Å². The van der Waals surface area contributed by atoms with Gasteiger partial charge in [-0.15, -0.1) is 11.3 Å². The fourth-order valence-electron chi connectivity index (χ4n) is 1.85. The predicted octanol–water partition coefficient (Wildman–Crippen LogP) is 4.44. The quantitative estimate of drug-likeness (QED) is 0.766. The van der Waals surface area contributed by atoms with Crippen LogP contribution in [0.15, 0.2) is 17.5 Å². The summed E-state index contributed by atoms with van der Waals surface area (Å²) < 4.78 is 0. The zero-order valence-electron chi connectivity index (χ0n) is 11.5. The minimum Gasteiger partial charge on any atom is -0.317 e. The van der Waals surface area contributed by atoms with Gasteiger partial charge < -0.3 is 5.32 Å². The molecule has 1 N–H and O–H groups in total. The minimum absolute atomic E-state index is 0.458. The van der Waals surface area contributed by atoms with E-state index in [-0.39, 0.29) is 0 Å². The van der Waals surface area contributed by atoms with Gasteiger partial charge in [0.15, 0.2) is 0 Å². The number of piperidine rings is 1. The lowest BCUT2D eigenvalue weighted by molar-refractivity contribution is 0.341. The molecule has 0 bridgehead atoms. The molecule has 16 heavy (non-hydrogen) atoms. The Morgan fingerprint density at radius 3 is 2.12 bits per heavy atom. The van der Waals surface area contributed by atoms with Gasteiger partial charge in [-0.25, -0.2) is 0 Å². The van der Waals surface area contributed by atoms with E-state index in [0.29, 0.717) is 5.41 Å². The maximum absolute atomic E-state index is 3.41. The summed E-state index contributed by atoms with van der Waals surface area (Å²) in [4.78, 5) is 1.56. The summed E-state index contributed by atoms with van der Waals surface area (Å²) in [7, 11) is 0. The van der Waals surface area contributed by atoms with Crippen LogP contribution in [0, 0.1) is 0 Å². The summed E-state index contributed by atoms with van der Waals surface area (Å²) in [5.74, 6) is 0. The first-order chi connectivity index (χ1) is 7.81. The summed E-state index contributed by atoms with van der Waals surface area (Å²) in [6, 6.07) is 4.43. The van der Waals surface area contributed by atoms with E-state index in [1.54, 1.807) is 4.88 Å². The molecule has 94 valence electrons. The number of thiophene rings is 1. The van der Waals surface area contributed by atoms with Gasteiger partial charge in [0.1, 0.15) is 0 Å². The predicted molar refractivity (Wildman–Crippen MR) is 76.5 cm³/mol. The molecule has 0 atom stereocenters. The Balaban J connectivity index is 0.000000509. The van der Waals surface area contributed by atoms with Crippen LogP contribution >= 0.6 is 11.3 Å². The molecule has 0 aromatic carbocycles. The van der Waals surface area contributed by atoms with Crippen molar-refractivity contribution in [3.8, 4) is 0 Å². The Morgan fingerprint density at radius 2 is 1.69 bits per heavy atom. The molecule has 2 heteroatoms. The van der Waals surface area contributed by atoms with Crippen molar-refractivity contribution in [3.05, 3.63) is 22.4 Å². The van der Waals surface area contributed by atoms with Crippen LogP contribution in [-0.4, -0.2) is 13.1 Å². The van der Waals surface area contributed by atoms with Crippen LogP contribution in [0.25, 0.3) is 0 Å². The number of hydrogen-bond acceptors (Lipinski definition) is 2. The van der Waals surface area contributed by atoms with Crippen LogP contribution in [-0.2, 0) is 5.41 Å². The number of hydrogen-bond donors (Lipinski definition) is 1. The number of rotatable bonds is 1. The van der Waals surface area contributed by atoms with Crippen molar-refractivity contribution < 1.29 is 0 Å². The summed E-state index contributed by atoms with van der Waals surface area (Å²) in [5, 5.41) is 5.59. The van der Waals surface area contributed by atoms with Crippen LogP contribution < -0.4 is 5.32 Å². The zero-order chi connectivity index (χ0) is 12.4. The first-order valence-corrected chi connectivity index (χ1v) is 7.44. The highest BCUT2D eigenvalue weighted by Crippen LogP contribution is 2.35. The summed E-state index contributed by atoms with van der Waals surface area (Å²) >= 11 is 1.90. The third-order valence-electron chi connectivity index (χ3n) is 2.82. The average Bonchev–Trinajstić information content (AvgIpc) is 2.90. The standard InChI is InChI=1S/C10H15NS.2C2H6/c1-10(4-6-11-7-5-10)9-3-2-8-12-9;2*1-2/h2-3,8,11H,4-7H2,1H3;2*1-2H3. The Morgan fingerprint density at radius 1 is 1.12 bits per heavy atom. The molecule has 0 radical (unpaired) electrons. The second-order valence-electron chi connectivity index (χ2n) is 3.79. The fourth-order valence-corrected chi connectivity index (χ4v) is 2.80. The van der Waals surface area contributed by atoms with Crippen molar-refractivity contribution in [3.63, 3.8) is 0 Å². The molecule has 1 aromatic heterocycles. The maximum Gasteiger partial charge on any atom is 0.0105 e. The number of nitrogens with one attached hydrogen (secondary N) is 1. The molecule has 2 rings (SSSR count). The SMILES string of the molecule is CC.CC.CC1(c2cccs2)CCNCC1. The van der Waals surface area contributed by atoms with E-state index < -0.39 is 0 Å². The molecule has 1 fully saturated rings. The molecule has 1 nitrogen and oxygen atoms in total. The smallest absolute Gasteiger partial charge is 0.0105 e. The van der Waals surface area contributed by atoms with Crippen LogP contribution in [0.4, 0.5) is 0 Å². The van der Waals surface area contributed by atoms with Crippen LogP contribution in [0.1, 0.15) is 52.3 Å². The van der Waals surface area contributed by atoms with Gasteiger partial charge in [-0.1, -0.05) is 40.7 Å². The summed E-state index contributed by atoms with van der Waals surface area (Å²) in [6.07, 6.45) is 2.57. The van der Waals surface area contributed by atoms with E-state index >= 15 is 0 Å². The normalized spacial score (nSPS) is 17.6. The lowest BCUT2D eigenvalue weighted by Gasteiger charge is -2.33. The first-order valence-electron chi connectivity index (χ1n) is 6.56. The van der Waals surface area contributed by atoms with Crippen molar-refractivity contribution in [1.29, 1.82) is 0 Å². The highest BCUT2D eigenvalue weighted by atomic mass is 32.1. The molecule has 0 unspecified atom stereocenters. The van der Waals surface area contributed by atoms with E-state index in [1.165, 1.54) is 25.9 Å². The van der Waals surface area contributed by atoms with Gasteiger partial charge in [0.2, 0.25) is 0 Å². The molecule has 0 spiro atoms. The lowest BCUT2D eigenvalue weighted by atomic mass is 9.80. The van der Waals surface area contributed by atoms with Gasteiger partial charge in [0.25, 0.3) is 0 Å². The largest absolute Gasteiger partial charge is 0.317 e. The maximum atomic E-state index is 3.41. The molecular formula is C14H27NS. The molecule has 2 heterocycles. The Kier molecular flexibility index (Phi) is 8.58. The summed E-state index contributed by atoms with van der Waals surface area (Å²) in [6.45, 7) is 12.7. The van der Waals surface area contributed by atoms with E-state index in [9.17, 15) is 0 Å². The van der Waals surface area contributed by atoms with Crippen molar-refractivity contribution in [2.45, 2.75) is 52.9 Å². The monoisotopic (exact) mass is 241 g/mol. The summed E-state index contributed by atoms with van der Waals surface area (Å²) in [5.41, 5.74) is 0.458. The second kappa shape index (κ2) is 8.77. The third kappa shape index (κ3) is 4.26. The highest BCUT2D eigenvalue weighted by Gasteiger charge is 2.29. The van der Waals surface area contributed by atoms with E-state index in [0.717, 1.165) is 0 Å². The van der Waals surface area contributed by atoms with Gasteiger partial charge in [0.05, 0.1) is 0 Å². The first kappa shape index (κ1) is 15.7. The van der Waals surface area contributed by atoms with Gasteiger partial charge >= 0.3 is 0 Å². The van der Waals surface area contributed by atoms with Crippen LogP contribution in [0.2, 0.25) is 0 Å². The highest BCUT2D eigenvalue weighted by molar-refractivity contribution is 7.10. The van der Waals surface area contributed by atoms with Crippen molar-refractivity contribution in [1.82, 2.24) is 5.32 Å². The van der Waals surface area contributed by atoms with Crippen molar-refractivity contribution in [2.75, 3.05) is 13.1 Å². The lowest BCUT2D eigenvalue weighted by Crippen LogP contribution is -2.37. The minimum atomic E-state index is 0.458. The molecule has 0 amide bonds. The molecule has 1 saturated heterocycles. The van der Waals surface area contributed by atoms with Gasteiger partial charge in [-0.3, -0.25) is 0 Å². The molecule has 1 aliphatic heterocycles.